The number of aryl methyl sites for hydroxylation is 1. The van der Waals surface area contributed by atoms with E-state index in [0.29, 0.717) is 18.4 Å². The van der Waals surface area contributed by atoms with E-state index in [9.17, 15) is 8.42 Å². The highest BCUT2D eigenvalue weighted by molar-refractivity contribution is 7.90. The standard InChI is InChI=1S/C26H34N6O2S/c1-16(2)24-21-14-20(19-8-10-31(11-9-19)12-13-35(5,33)34)6-7-23(21)27-25(24)22-15-32-26(28-29-30-32)18(4)17(22)3/h6-7,14-16,19,27H,8-13H2,1-5H3. The third-order valence-corrected chi connectivity index (χ3v) is 8.52. The normalized spacial score (nSPS) is 16.2. The minimum Gasteiger partial charge on any atom is -0.354 e. The molecule has 0 radical (unpaired) electrons. The largest absolute Gasteiger partial charge is 0.354 e. The zero-order valence-electron chi connectivity index (χ0n) is 21.2. The number of benzene rings is 1. The average Bonchev–Trinajstić information content (AvgIpc) is 3.44. The van der Waals surface area contributed by atoms with Gasteiger partial charge in [0.1, 0.15) is 9.84 Å². The molecule has 0 saturated carbocycles. The Kier molecular flexibility index (Phi) is 6.17. The average molecular weight is 495 g/mol. The summed E-state index contributed by atoms with van der Waals surface area (Å²) in [4.78, 5) is 5.99. The number of aromatic amines is 1. The summed E-state index contributed by atoms with van der Waals surface area (Å²) in [6.45, 7) is 11.2. The molecule has 8 nitrogen and oxygen atoms in total. The van der Waals surface area contributed by atoms with Crippen molar-refractivity contribution in [1.29, 1.82) is 0 Å². The topological polar surface area (TPSA) is 96.2 Å². The van der Waals surface area contributed by atoms with Gasteiger partial charge in [0, 0.05) is 35.5 Å². The second kappa shape index (κ2) is 9.02. The van der Waals surface area contributed by atoms with Gasteiger partial charge in [-0.1, -0.05) is 19.9 Å². The SMILES string of the molecule is Cc1c(-c2[nH]c3ccc(C4CCN(CCS(C)(=O)=O)CC4)cc3c2C(C)C)cn2nnnc2c1C. The molecule has 4 heterocycles. The van der Waals surface area contributed by atoms with Crippen LogP contribution in [0.2, 0.25) is 0 Å². The van der Waals surface area contributed by atoms with Crippen LogP contribution in [0.5, 0.6) is 0 Å². The minimum atomic E-state index is -2.92. The van der Waals surface area contributed by atoms with Gasteiger partial charge in [-0.05, 0) is 96.4 Å². The Bertz CT molecular complexity index is 1490. The first-order valence-electron chi connectivity index (χ1n) is 12.4. The highest BCUT2D eigenvalue weighted by Gasteiger charge is 2.24. The maximum atomic E-state index is 11.5. The molecule has 1 aromatic carbocycles. The number of piperidine rings is 1. The number of H-pyrrole nitrogens is 1. The molecule has 1 aliphatic heterocycles. The summed E-state index contributed by atoms with van der Waals surface area (Å²) < 4.78 is 24.8. The number of nitrogens with zero attached hydrogens (tertiary/aromatic N) is 5. The van der Waals surface area contributed by atoms with Gasteiger partial charge < -0.3 is 9.88 Å². The molecule has 5 rings (SSSR count). The Labute approximate surface area is 206 Å². The van der Waals surface area contributed by atoms with Gasteiger partial charge in [0.15, 0.2) is 5.65 Å². The van der Waals surface area contributed by atoms with Crippen molar-refractivity contribution in [3.05, 3.63) is 46.6 Å². The van der Waals surface area contributed by atoms with E-state index in [1.807, 2.05) is 6.20 Å². The van der Waals surface area contributed by atoms with Crippen LogP contribution in [0.25, 0.3) is 27.8 Å². The number of tetrazole rings is 1. The lowest BCUT2D eigenvalue weighted by atomic mass is 9.87. The molecule has 35 heavy (non-hydrogen) atoms. The van der Waals surface area contributed by atoms with Crippen molar-refractivity contribution in [2.75, 3.05) is 31.6 Å². The fourth-order valence-corrected chi connectivity index (χ4v) is 6.04. The van der Waals surface area contributed by atoms with E-state index in [1.54, 1.807) is 4.52 Å². The van der Waals surface area contributed by atoms with Gasteiger partial charge in [0.25, 0.3) is 0 Å². The Morgan fingerprint density at radius 1 is 1.14 bits per heavy atom. The molecule has 186 valence electrons. The first kappa shape index (κ1) is 23.9. The van der Waals surface area contributed by atoms with Gasteiger partial charge >= 0.3 is 0 Å². The molecule has 1 aliphatic rings. The molecular formula is C26H34N6O2S. The van der Waals surface area contributed by atoms with Crippen molar-refractivity contribution in [3.63, 3.8) is 0 Å². The van der Waals surface area contributed by atoms with Crippen molar-refractivity contribution in [2.45, 2.75) is 52.4 Å². The zero-order valence-corrected chi connectivity index (χ0v) is 22.0. The minimum absolute atomic E-state index is 0.239. The molecule has 0 aliphatic carbocycles. The maximum absolute atomic E-state index is 11.5. The van der Waals surface area contributed by atoms with Crippen molar-refractivity contribution in [1.82, 2.24) is 29.9 Å². The highest BCUT2D eigenvalue weighted by atomic mass is 32.2. The third-order valence-electron chi connectivity index (χ3n) is 7.59. The summed E-state index contributed by atoms with van der Waals surface area (Å²) in [5.41, 5.74) is 9.17. The number of likely N-dealkylation sites (tertiary alicyclic amines) is 1. The molecule has 4 aromatic rings. The van der Waals surface area contributed by atoms with Crippen molar-refractivity contribution in [3.8, 4) is 11.3 Å². The lowest BCUT2D eigenvalue weighted by Gasteiger charge is -2.32. The zero-order chi connectivity index (χ0) is 24.9. The molecule has 1 fully saturated rings. The van der Waals surface area contributed by atoms with Gasteiger partial charge in [0.05, 0.1) is 11.4 Å². The van der Waals surface area contributed by atoms with Crippen molar-refractivity contribution in [2.24, 2.45) is 0 Å². The highest BCUT2D eigenvalue weighted by Crippen LogP contribution is 2.39. The predicted molar refractivity (Wildman–Crippen MR) is 140 cm³/mol. The number of nitrogens with one attached hydrogen (secondary N) is 1. The predicted octanol–water partition coefficient (Wildman–Crippen LogP) is 4.24. The Morgan fingerprint density at radius 2 is 1.89 bits per heavy atom. The summed E-state index contributed by atoms with van der Waals surface area (Å²) >= 11 is 0. The van der Waals surface area contributed by atoms with Gasteiger partial charge in [-0.2, -0.15) is 4.52 Å². The molecule has 0 atom stereocenters. The number of hydrogen-bond acceptors (Lipinski definition) is 6. The quantitative estimate of drug-likeness (QED) is 0.431. The van der Waals surface area contributed by atoms with Crippen molar-refractivity contribution >= 4 is 26.4 Å². The van der Waals surface area contributed by atoms with Crippen molar-refractivity contribution < 1.29 is 8.42 Å². The Hall–Kier alpha value is -2.78. The van der Waals surface area contributed by atoms with E-state index >= 15 is 0 Å². The second-order valence-electron chi connectivity index (χ2n) is 10.4. The van der Waals surface area contributed by atoms with Crippen LogP contribution in [-0.2, 0) is 9.84 Å². The first-order chi connectivity index (χ1) is 16.6. The van der Waals surface area contributed by atoms with E-state index in [-0.39, 0.29) is 5.75 Å². The lowest BCUT2D eigenvalue weighted by molar-refractivity contribution is 0.223. The fraction of sp³-hybridized carbons (Fsp3) is 0.500. The van der Waals surface area contributed by atoms with E-state index in [0.717, 1.165) is 53.9 Å². The smallest absolute Gasteiger partial charge is 0.182 e. The van der Waals surface area contributed by atoms with Crippen LogP contribution >= 0.6 is 0 Å². The van der Waals surface area contributed by atoms with Crippen LogP contribution in [0, 0.1) is 13.8 Å². The van der Waals surface area contributed by atoms with Crippen LogP contribution in [-0.4, -0.2) is 70.0 Å². The summed E-state index contributed by atoms with van der Waals surface area (Å²) in [6.07, 6.45) is 5.45. The second-order valence-corrected chi connectivity index (χ2v) is 12.6. The first-order valence-corrected chi connectivity index (χ1v) is 14.4. The van der Waals surface area contributed by atoms with E-state index in [1.165, 1.54) is 28.3 Å². The molecule has 0 unspecified atom stereocenters. The Balaban J connectivity index is 1.48. The molecule has 3 aromatic heterocycles. The Morgan fingerprint density at radius 3 is 2.57 bits per heavy atom. The molecule has 0 amide bonds. The van der Waals surface area contributed by atoms with E-state index < -0.39 is 9.84 Å². The summed E-state index contributed by atoms with van der Waals surface area (Å²) in [7, 11) is -2.92. The summed E-state index contributed by atoms with van der Waals surface area (Å²) in [5.74, 6) is 1.08. The molecule has 0 spiro atoms. The molecular weight excluding hydrogens is 460 g/mol. The number of rotatable bonds is 6. The fourth-order valence-electron chi connectivity index (χ4n) is 5.45. The van der Waals surface area contributed by atoms with E-state index in [2.05, 4.69) is 71.3 Å². The maximum Gasteiger partial charge on any atom is 0.182 e. The van der Waals surface area contributed by atoms with Crippen LogP contribution in [0.4, 0.5) is 0 Å². The summed E-state index contributed by atoms with van der Waals surface area (Å²) in [6, 6.07) is 6.85. The van der Waals surface area contributed by atoms with Gasteiger partial charge in [0.2, 0.25) is 0 Å². The molecule has 1 N–H and O–H groups in total. The van der Waals surface area contributed by atoms with Gasteiger partial charge in [-0.15, -0.1) is 5.10 Å². The number of fused-ring (bicyclic) bond motifs is 2. The summed E-state index contributed by atoms with van der Waals surface area (Å²) in [5, 5.41) is 13.4. The number of pyridine rings is 1. The third kappa shape index (κ3) is 4.59. The van der Waals surface area contributed by atoms with Gasteiger partial charge in [-0.25, -0.2) is 8.42 Å². The van der Waals surface area contributed by atoms with Crippen LogP contribution in [0.15, 0.2) is 24.4 Å². The van der Waals surface area contributed by atoms with E-state index in [4.69, 9.17) is 0 Å². The molecule has 9 heteroatoms. The number of hydrogen-bond donors (Lipinski definition) is 1. The number of sulfone groups is 1. The van der Waals surface area contributed by atoms with Gasteiger partial charge in [-0.3, -0.25) is 0 Å². The lowest BCUT2D eigenvalue weighted by Crippen LogP contribution is -2.36. The monoisotopic (exact) mass is 494 g/mol. The van der Waals surface area contributed by atoms with Crippen LogP contribution in [0.3, 0.4) is 0 Å². The molecule has 1 saturated heterocycles. The number of aromatic nitrogens is 5. The van der Waals surface area contributed by atoms with Crippen LogP contribution in [0.1, 0.15) is 60.8 Å². The van der Waals surface area contributed by atoms with Crippen LogP contribution < -0.4 is 0 Å². The molecule has 0 bridgehead atoms.